The van der Waals surface area contributed by atoms with Crippen LogP contribution in [0.3, 0.4) is 0 Å². The lowest BCUT2D eigenvalue weighted by atomic mass is 10.1. The van der Waals surface area contributed by atoms with E-state index >= 15 is 0 Å². The number of hydrogen-bond donors (Lipinski definition) is 0. The van der Waals surface area contributed by atoms with Crippen LogP contribution >= 0.6 is 39.1 Å². The lowest BCUT2D eigenvalue weighted by molar-refractivity contribution is 0.563. The van der Waals surface area contributed by atoms with Crippen LogP contribution in [0.4, 0.5) is 0 Å². The molecule has 0 fully saturated rings. The van der Waals surface area contributed by atoms with Gasteiger partial charge in [-0.1, -0.05) is 57.3 Å². The van der Waals surface area contributed by atoms with E-state index in [2.05, 4.69) is 20.9 Å². The van der Waals surface area contributed by atoms with Gasteiger partial charge in [0.25, 0.3) is 0 Å². The Balaban J connectivity index is 1.84. The lowest BCUT2D eigenvalue weighted by Gasteiger charge is -2.11. The standard InChI is InChI=1S/C23H11BrCl2N2O2/c24-13-5-8-20-12(9-13)10-17(23(29)30-20)22-27-19-7-6-14(25)11-16(19)21(28-22)15-3-1-2-4-18(15)26/h1-11H. The first-order valence-corrected chi connectivity index (χ1v) is 10.5. The zero-order valence-corrected chi connectivity index (χ0v) is 18.3. The second kappa shape index (κ2) is 7.51. The summed E-state index contributed by atoms with van der Waals surface area (Å²) in [4.78, 5) is 22.0. The molecular weight excluding hydrogens is 487 g/mol. The molecule has 0 spiro atoms. The number of halogens is 3. The summed E-state index contributed by atoms with van der Waals surface area (Å²) in [6.07, 6.45) is 0. The quantitative estimate of drug-likeness (QED) is 0.243. The third kappa shape index (κ3) is 3.39. The number of aromatic nitrogens is 2. The second-order valence-corrected chi connectivity index (χ2v) is 8.43. The molecule has 3 aromatic carbocycles. The Morgan fingerprint density at radius 3 is 2.53 bits per heavy atom. The van der Waals surface area contributed by atoms with Crippen molar-refractivity contribution < 1.29 is 4.42 Å². The summed E-state index contributed by atoms with van der Waals surface area (Å²) in [5.41, 5.74) is 2.22. The van der Waals surface area contributed by atoms with Gasteiger partial charge in [-0.3, -0.25) is 0 Å². The van der Waals surface area contributed by atoms with Crippen molar-refractivity contribution in [2.24, 2.45) is 0 Å². The third-order valence-corrected chi connectivity index (χ3v) is 5.78. The molecule has 0 aliphatic carbocycles. The average Bonchev–Trinajstić information content (AvgIpc) is 2.73. The molecule has 0 atom stereocenters. The smallest absolute Gasteiger partial charge is 0.347 e. The van der Waals surface area contributed by atoms with Gasteiger partial charge in [-0.15, -0.1) is 0 Å². The van der Waals surface area contributed by atoms with Gasteiger partial charge >= 0.3 is 5.63 Å². The molecule has 146 valence electrons. The summed E-state index contributed by atoms with van der Waals surface area (Å²) < 4.78 is 6.37. The van der Waals surface area contributed by atoms with E-state index in [0.717, 1.165) is 20.8 Å². The van der Waals surface area contributed by atoms with E-state index in [4.69, 9.17) is 32.6 Å². The van der Waals surface area contributed by atoms with Gasteiger partial charge in [0.1, 0.15) is 11.1 Å². The molecule has 5 aromatic rings. The molecule has 0 amide bonds. The number of hydrogen-bond acceptors (Lipinski definition) is 4. The Morgan fingerprint density at radius 2 is 1.70 bits per heavy atom. The fraction of sp³-hybridized carbons (Fsp3) is 0. The van der Waals surface area contributed by atoms with Crippen molar-refractivity contribution in [2.75, 3.05) is 0 Å². The highest BCUT2D eigenvalue weighted by Crippen LogP contribution is 2.34. The number of fused-ring (bicyclic) bond motifs is 2. The van der Waals surface area contributed by atoms with Crippen molar-refractivity contribution in [1.29, 1.82) is 0 Å². The fourth-order valence-corrected chi connectivity index (χ4v) is 4.11. The van der Waals surface area contributed by atoms with Crippen molar-refractivity contribution in [3.05, 3.63) is 91.7 Å². The largest absolute Gasteiger partial charge is 0.422 e. The first-order valence-electron chi connectivity index (χ1n) is 8.95. The highest BCUT2D eigenvalue weighted by molar-refractivity contribution is 9.10. The molecule has 5 rings (SSSR count). The number of benzene rings is 3. The maximum atomic E-state index is 12.7. The Kier molecular flexibility index (Phi) is 4.82. The van der Waals surface area contributed by atoms with Crippen molar-refractivity contribution in [1.82, 2.24) is 9.97 Å². The van der Waals surface area contributed by atoms with E-state index in [1.807, 2.05) is 30.3 Å². The van der Waals surface area contributed by atoms with Crippen LogP contribution in [-0.2, 0) is 0 Å². The lowest BCUT2D eigenvalue weighted by Crippen LogP contribution is -2.06. The van der Waals surface area contributed by atoms with Crippen LogP contribution in [0.2, 0.25) is 10.0 Å². The predicted molar refractivity (Wildman–Crippen MR) is 124 cm³/mol. The Morgan fingerprint density at radius 1 is 0.867 bits per heavy atom. The molecule has 4 nitrogen and oxygen atoms in total. The van der Waals surface area contributed by atoms with Crippen molar-refractivity contribution in [2.45, 2.75) is 0 Å². The van der Waals surface area contributed by atoms with Crippen molar-refractivity contribution in [3.63, 3.8) is 0 Å². The minimum atomic E-state index is -0.511. The van der Waals surface area contributed by atoms with Gasteiger partial charge < -0.3 is 4.42 Å². The van der Waals surface area contributed by atoms with Crippen LogP contribution in [0.15, 0.2) is 80.4 Å². The molecule has 2 heterocycles. The molecule has 30 heavy (non-hydrogen) atoms. The molecule has 7 heteroatoms. The van der Waals surface area contributed by atoms with Crippen LogP contribution in [0.1, 0.15) is 0 Å². The molecule has 0 bridgehead atoms. The maximum absolute atomic E-state index is 12.7. The topological polar surface area (TPSA) is 56.0 Å². The van der Waals surface area contributed by atoms with E-state index in [0.29, 0.717) is 26.8 Å². The molecule has 0 unspecified atom stereocenters. The van der Waals surface area contributed by atoms with Crippen LogP contribution in [0.5, 0.6) is 0 Å². The summed E-state index contributed by atoms with van der Waals surface area (Å²) >= 11 is 16.1. The molecular formula is C23H11BrCl2N2O2. The Hall–Kier alpha value is -2.73. The van der Waals surface area contributed by atoms with Crippen LogP contribution < -0.4 is 5.63 Å². The van der Waals surface area contributed by atoms with Gasteiger partial charge in [0.15, 0.2) is 5.82 Å². The summed E-state index contributed by atoms with van der Waals surface area (Å²) in [5.74, 6) is 0.260. The molecule has 0 saturated heterocycles. The molecule has 0 N–H and O–H groups in total. The second-order valence-electron chi connectivity index (χ2n) is 6.67. The minimum Gasteiger partial charge on any atom is -0.422 e. The van der Waals surface area contributed by atoms with Crippen molar-refractivity contribution >= 4 is 61.0 Å². The minimum absolute atomic E-state index is 0.260. The molecule has 2 aromatic heterocycles. The average molecular weight is 498 g/mol. The number of nitrogens with zero attached hydrogens (tertiary/aromatic N) is 2. The Bertz CT molecular complexity index is 1520. The first kappa shape index (κ1) is 19.2. The van der Waals surface area contributed by atoms with E-state index in [1.165, 1.54) is 0 Å². The zero-order chi connectivity index (χ0) is 20.8. The first-order chi connectivity index (χ1) is 14.5. The third-order valence-electron chi connectivity index (χ3n) is 4.72. The van der Waals surface area contributed by atoms with E-state index < -0.39 is 5.63 Å². The monoisotopic (exact) mass is 496 g/mol. The highest BCUT2D eigenvalue weighted by Gasteiger charge is 2.17. The normalized spacial score (nSPS) is 11.3. The van der Waals surface area contributed by atoms with Crippen molar-refractivity contribution in [3.8, 4) is 22.6 Å². The fourth-order valence-electron chi connectivity index (χ4n) is 3.33. The maximum Gasteiger partial charge on any atom is 0.347 e. The van der Waals surface area contributed by atoms with Gasteiger partial charge in [-0.05, 0) is 48.5 Å². The van der Waals surface area contributed by atoms with Crippen LogP contribution in [0, 0.1) is 0 Å². The van der Waals surface area contributed by atoms with E-state index in [9.17, 15) is 4.79 Å². The highest BCUT2D eigenvalue weighted by atomic mass is 79.9. The summed E-state index contributed by atoms with van der Waals surface area (Å²) in [5, 5.41) is 2.60. The summed E-state index contributed by atoms with van der Waals surface area (Å²) in [6, 6.07) is 19.9. The van der Waals surface area contributed by atoms with Gasteiger partial charge in [0.05, 0.1) is 11.2 Å². The van der Waals surface area contributed by atoms with E-state index in [-0.39, 0.29) is 11.4 Å². The predicted octanol–water partition coefficient (Wildman–Crippen LogP) is 7.14. The van der Waals surface area contributed by atoms with Crippen LogP contribution in [0.25, 0.3) is 44.5 Å². The van der Waals surface area contributed by atoms with Gasteiger partial charge in [0, 0.05) is 30.9 Å². The summed E-state index contributed by atoms with van der Waals surface area (Å²) in [6.45, 7) is 0. The SMILES string of the molecule is O=c1oc2ccc(Br)cc2cc1-c1nc(-c2ccccc2Cl)c2cc(Cl)ccc2n1. The molecule has 0 aliphatic rings. The number of rotatable bonds is 2. The molecule has 0 aliphatic heterocycles. The van der Waals surface area contributed by atoms with Crippen LogP contribution in [-0.4, -0.2) is 9.97 Å². The van der Waals surface area contributed by atoms with Gasteiger partial charge in [-0.25, -0.2) is 14.8 Å². The zero-order valence-electron chi connectivity index (χ0n) is 15.2. The molecule has 0 saturated carbocycles. The van der Waals surface area contributed by atoms with E-state index in [1.54, 1.807) is 36.4 Å². The summed E-state index contributed by atoms with van der Waals surface area (Å²) in [7, 11) is 0. The Labute approximate surface area is 189 Å². The van der Waals surface area contributed by atoms with Gasteiger partial charge in [0.2, 0.25) is 0 Å². The molecule has 0 radical (unpaired) electrons. The van der Waals surface area contributed by atoms with Gasteiger partial charge in [-0.2, -0.15) is 0 Å².